The number of amides is 2. The predicted molar refractivity (Wildman–Crippen MR) is 107 cm³/mol. The van der Waals surface area contributed by atoms with Crippen LogP contribution in [0.25, 0.3) is 0 Å². The summed E-state index contributed by atoms with van der Waals surface area (Å²) in [6, 6.07) is 28.3. The van der Waals surface area contributed by atoms with E-state index in [2.05, 4.69) is 10.6 Å². The first-order valence-electron chi connectivity index (χ1n) is 8.98. The van der Waals surface area contributed by atoms with Gasteiger partial charge in [-0.1, -0.05) is 91.0 Å². The van der Waals surface area contributed by atoms with Crippen molar-refractivity contribution in [3.8, 4) is 0 Å². The van der Waals surface area contributed by atoms with Crippen LogP contribution in [0.4, 0.5) is 4.79 Å². The monoisotopic (exact) mass is 360 g/mol. The highest BCUT2D eigenvalue weighted by molar-refractivity contribution is 5.75. The van der Waals surface area contributed by atoms with E-state index in [0.717, 1.165) is 16.7 Å². The van der Waals surface area contributed by atoms with Gasteiger partial charge >= 0.3 is 6.03 Å². The third-order valence-electron chi connectivity index (χ3n) is 4.53. The van der Waals surface area contributed by atoms with Crippen LogP contribution in [0.1, 0.15) is 29.7 Å². The fraction of sp³-hybridized carbons (Fsp3) is 0.174. The maximum atomic E-state index is 12.5. The summed E-state index contributed by atoms with van der Waals surface area (Å²) in [6.45, 7) is 1.80. The van der Waals surface area contributed by atoms with Crippen LogP contribution in [-0.4, -0.2) is 17.7 Å². The first kappa shape index (κ1) is 18.7. The Morgan fingerprint density at radius 1 is 0.852 bits per heavy atom. The fourth-order valence-electron chi connectivity index (χ4n) is 2.98. The summed E-state index contributed by atoms with van der Waals surface area (Å²) >= 11 is 0. The molecule has 3 N–H and O–H groups in total. The van der Waals surface area contributed by atoms with Crippen molar-refractivity contribution in [3.63, 3.8) is 0 Å². The summed E-state index contributed by atoms with van der Waals surface area (Å²) < 4.78 is 0. The largest absolute Gasteiger partial charge is 0.384 e. The summed E-state index contributed by atoms with van der Waals surface area (Å²) in [6.07, 6.45) is 0. The highest BCUT2D eigenvalue weighted by atomic mass is 16.3. The second kappa shape index (κ2) is 8.52. The average Bonchev–Trinajstić information content (AvgIpc) is 2.72. The molecule has 1 unspecified atom stereocenters. The molecule has 0 heterocycles. The zero-order valence-electron chi connectivity index (χ0n) is 15.3. The van der Waals surface area contributed by atoms with E-state index in [1.54, 1.807) is 6.92 Å². The number of carbonyl (C=O) groups excluding carboxylic acids is 1. The van der Waals surface area contributed by atoms with E-state index in [1.165, 1.54) is 0 Å². The molecule has 0 radical (unpaired) electrons. The standard InChI is InChI=1S/C23H24N2O2/c1-23(27,20-15-9-4-10-16-20)17-24-22(26)25-21(18-11-5-2-6-12-18)19-13-7-3-8-14-19/h2-16,21,27H,17H2,1H3,(H2,24,25,26). The van der Waals surface area contributed by atoms with E-state index in [-0.39, 0.29) is 18.6 Å². The Morgan fingerprint density at radius 2 is 1.30 bits per heavy atom. The molecule has 3 aromatic carbocycles. The lowest BCUT2D eigenvalue weighted by Crippen LogP contribution is -2.44. The van der Waals surface area contributed by atoms with Crippen molar-refractivity contribution in [2.24, 2.45) is 0 Å². The van der Waals surface area contributed by atoms with Crippen LogP contribution in [0, 0.1) is 0 Å². The Kier molecular flexibility index (Phi) is 5.89. The van der Waals surface area contributed by atoms with Gasteiger partial charge < -0.3 is 15.7 Å². The lowest BCUT2D eigenvalue weighted by Gasteiger charge is -2.26. The molecular weight excluding hydrogens is 336 g/mol. The lowest BCUT2D eigenvalue weighted by molar-refractivity contribution is 0.0593. The van der Waals surface area contributed by atoms with Crippen LogP contribution in [0.15, 0.2) is 91.0 Å². The van der Waals surface area contributed by atoms with E-state index < -0.39 is 5.60 Å². The van der Waals surface area contributed by atoms with Crippen molar-refractivity contribution in [3.05, 3.63) is 108 Å². The van der Waals surface area contributed by atoms with Gasteiger partial charge in [-0.25, -0.2) is 4.79 Å². The Balaban J connectivity index is 1.70. The maximum absolute atomic E-state index is 12.5. The molecule has 0 aliphatic carbocycles. The van der Waals surface area contributed by atoms with E-state index in [4.69, 9.17) is 0 Å². The van der Waals surface area contributed by atoms with Crippen LogP contribution < -0.4 is 10.6 Å². The van der Waals surface area contributed by atoms with E-state index in [9.17, 15) is 9.90 Å². The molecule has 0 bridgehead atoms. The second-order valence-corrected chi connectivity index (χ2v) is 6.72. The molecule has 0 saturated heterocycles. The van der Waals surface area contributed by atoms with Gasteiger partial charge in [0.15, 0.2) is 0 Å². The first-order chi connectivity index (χ1) is 13.1. The van der Waals surface area contributed by atoms with E-state index >= 15 is 0 Å². The smallest absolute Gasteiger partial charge is 0.315 e. The van der Waals surface area contributed by atoms with Gasteiger partial charge in [0, 0.05) is 0 Å². The van der Waals surface area contributed by atoms with Crippen LogP contribution in [0.3, 0.4) is 0 Å². The van der Waals surface area contributed by atoms with Crippen LogP contribution in [0.2, 0.25) is 0 Å². The van der Waals surface area contributed by atoms with Gasteiger partial charge in [0.25, 0.3) is 0 Å². The molecule has 27 heavy (non-hydrogen) atoms. The number of hydrogen-bond acceptors (Lipinski definition) is 2. The maximum Gasteiger partial charge on any atom is 0.315 e. The van der Waals surface area contributed by atoms with Crippen LogP contribution >= 0.6 is 0 Å². The number of hydrogen-bond donors (Lipinski definition) is 3. The number of nitrogens with one attached hydrogen (secondary N) is 2. The highest BCUT2D eigenvalue weighted by Crippen LogP contribution is 2.22. The molecule has 4 nitrogen and oxygen atoms in total. The number of benzene rings is 3. The van der Waals surface area contributed by atoms with Crippen LogP contribution in [-0.2, 0) is 5.60 Å². The normalized spacial score (nSPS) is 13.0. The molecule has 138 valence electrons. The number of rotatable bonds is 6. The summed E-state index contributed by atoms with van der Waals surface area (Å²) in [5, 5.41) is 16.5. The second-order valence-electron chi connectivity index (χ2n) is 6.72. The van der Waals surface area contributed by atoms with Gasteiger partial charge in [-0.2, -0.15) is 0 Å². The summed E-state index contributed by atoms with van der Waals surface area (Å²) in [7, 11) is 0. The Labute approximate surface area is 159 Å². The molecule has 4 heteroatoms. The van der Waals surface area contributed by atoms with Crippen molar-refractivity contribution in [1.82, 2.24) is 10.6 Å². The lowest BCUT2D eigenvalue weighted by atomic mass is 9.96. The predicted octanol–water partition coefficient (Wildman–Crippen LogP) is 3.98. The topological polar surface area (TPSA) is 61.4 Å². The first-order valence-corrected chi connectivity index (χ1v) is 8.98. The minimum absolute atomic E-state index is 0.110. The third kappa shape index (κ3) is 4.96. The molecule has 0 aromatic heterocycles. The van der Waals surface area contributed by atoms with Gasteiger partial charge in [0.2, 0.25) is 0 Å². The van der Waals surface area contributed by atoms with Gasteiger partial charge in [-0.3, -0.25) is 0 Å². The zero-order valence-corrected chi connectivity index (χ0v) is 15.3. The number of aliphatic hydroxyl groups is 1. The van der Waals surface area contributed by atoms with Crippen molar-refractivity contribution >= 4 is 6.03 Å². The zero-order chi connectivity index (χ0) is 19.1. The van der Waals surface area contributed by atoms with Crippen molar-refractivity contribution in [2.75, 3.05) is 6.54 Å². The van der Waals surface area contributed by atoms with Gasteiger partial charge in [-0.15, -0.1) is 0 Å². The molecular formula is C23H24N2O2. The SMILES string of the molecule is CC(O)(CNC(=O)NC(c1ccccc1)c1ccccc1)c1ccccc1. The van der Waals surface area contributed by atoms with Crippen molar-refractivity contribution in [1.29, 1.82) is 0 Å². The fourth-order valence-corrected chi connectivity index (χ4v) is 2.98. The molecule has 1 atom stereocenters. The Bertz CT molecular complexity index is 810. The molecule has 2 amide bonds. The molecule has 0 saturated carbocycles. The quantitative estimate of drug-likeness (QED) is 0.623. The molecule has 0 aliphatic heterocycles. The minimum atomic E-state index is -1.15. The molecule has 3 aromatic rings. The molecule has 0 spiro atoms. The molecule has 0 fully saturated rings. The molecule has 3 rings (SSSR count). The summed E-state index contributed by atoms with van der Waals surface area (Å²) in [5.74, 6) is 0. The van der Waals surface area contributed by atoms with E-state index in [1.807, 2.05) is 91.0 Å². The van der Waals surface area contributed by atoms with Gasteiger partial charge in [0.05, 0.1) is 12.6 Å². The summed E-state index contributed by atoms with van der Waals surface area (Å²) in [5.41, 5.74) is 1.60. The van der Waals surface area contributed by atoms with Gasteiger partial charge in [0.1, 0.15) is 5.60 Å². The van der Waals surface area contributed by atoms with Crippen LogP contribution in [0.5, 0.6) is 0 Å². The highest BCUT2D eigenvalue weighted by Gasteiger charge is 2.24. The summed E-state index contributed by atoms with van der Waals surface area (Å²) in [4.78, 5) is 12.5. The third-order valence-corrected chi connectivity index (χ3v) is 4.53. The average molecular weight is 360 g/mol. The molecule has 0 aliphatic rings. The minimum Gasteiger partial charge on any atom is -0.384 e. The Morgan fingerprint density at radius 3 is 1.78 bits per heavy atom. The van der Waals surface area contributed by atoms with Crippen molar-refractivity contribution in [2.45, 2.75) is 18.6 Å². The van der Waals surface area contributed by atoms with E-state index in [0.29, 0.717) is 0 Å². The number of urea groups is 1. The number of carbonyl (C=O) groups is 1. The van der Waals surface area contributed by atoms with Crippen molar-refractivity contribution < 1.29 is 9.90 Å². The Hall–Kier alpha value is -3.11. The van der Waals surface area contributed by atoms with Gasteiger partial charge in [-0.05, 0) is 23.6 Å².